The van der Waals surface area contributed by atoms with Crippen LogP contribution in [0.1, 0.15) is 27.7 Å². The number of nitrogens with zero attached hydrogens (tertiary/aromatic N) is 1. The van der Waals surface area contributed by atoms with Gasteiger partial charge in [0, 0.05) is 30.3 Å². The van der Waals surface area contributed by atoms with Gasteiger partial charge in [-0.15, -0.1) is 0 Å². The molecule has 0 aliphatic heterocycles. The Hall–Kier alpha value is -2.34. The number of pyridine rings is 1. The molecule has 0 aliphatic carbocycles. The van der Waals surface area contributed by atoms with Crippen molar-refractivity contribution in [2.75, 3.05) is 19.8 Å². The number of carbonyl (C=O) groups excluding carboxylic acids is 1. The fourth-order valence-corrected chi connectivity index (χ4v) is 2.50. The number of carbonyl (C=O) groups is 1. The predicted molar refractivity (Wildman–Crippen MR) is 98.1 cm³/mol. The molecule has 6 nitrogen and oxygen atoms in total. The summed E-state index contributed by atoms with van der Waals surface area (Å²) in [4.78, 5) is 24.5. The van der Waals surface area contributed by atoms with Crippen LogP contribution in [-0.4, -0.2) is 35.8 Å². The Balaban J connectivity index is 2.18. The molecule has 0 spiro atoms. The van der Waals surface area contributed by atoms with Crippen molar-refractivity contribution < 1.29 is 14.3 Å². The molecule has 1 aromatic heterocycles. The van der Waals surface area contributed by atoms with E-state index in [2.05, 4.69) is 5.32 Å². The smallest absolute Gasteiger partial charge is 0.258 e. The van der Waals surface area contributed by atoms with Crippen LogP contribution >= 0.6 is 0 Å². The average Bonchev–Trinajstić information content (AvgIpc) is 2.54. The van der Waals surface area contributed by atoms with Gasteiger partial charge in [-0.05, 0) is 45.9 Å². The van der Waals surface area contributed by atoms with E-state index in [1.54, 1.807) is 29.0 Å². The molecule has 2 rings (SSSR count). The maximum absolute atomic E-state index is 12.6. The molecule has 0 unspecified atom stereocenters. The number of nitrogens with one attached hydrogen (secondary N) is 1. The van der Waals surface area contributed by atoms with Gasteiger partial charge in [0.05, 0.1) is 12.0 Å². The number of amides is 1. The lowest BCUT2D eigenvalue weighted by Crippen LogP contribution is -2.43. The molecule has 6 heteroatoms. The first-order valence-corrected chi connectivity index (χ1v) is 8.45. The van der Waals surface area contributed by atoms with Gasteiger partial charge in [-0.1, -0.05) is 6.07 Å². The SMILES string of the molecule is CCOCCn1ccc2c(OCC(=O)NC(C)(C)C)cccc2c1=O. The summed E-state index contributed by atoms with van der Waals surface area (Å²) in [7, 11) is 0. The fourth-order valence-electron chi connectivity index (χ4n) is 2.50. The normalized spacial score (nSPS) is 11.5. The van der Waals surface area contributed by atoms with Crippen molar-refractivity contribution >= 4 is 16.7 Å². The van der Waals surface area contributed by atoms with Crippen LogP contribution in [0.15, 0.2) is 35.3 Å². The molecule has 0 saturated carbocycles. The van der Waals surface area contributed by atoms with E-state index in [9.17, 15) is 9.59 Å². The van der Waals surface area contributed by atoms with Crippen LogP contribution in [0.2, 0.25) is 0 Å². The van der Waals surface area contributed by atoms with Crippen LogP contribution in [0.25, 0.3) is 10.8 Å². The molecule has 0 radical (unpaired) electrons. The number of rotatable bonds is 7. The van der Waals surface area contributed by atoms with E-state index in [0.717, 1.165) is 0 Å². The van der Waals surface area contributed by atoms with Gasteiger partial charge in [-0.2, -0.15) is 0 Å². The zero-order valence-electron chi connectivity index (χ0n) is 15.3. The molecule has 0 fully saturated rings. The summed E-state index contributed by atoms with van der Waals surface area (Å²) in [6.07, 6.45) is 1.73. The Morgan fingerprint density at radius 1 is 1.20 bits per heavy atom. The van der Waals surface area contributed by atoms with E-state index < -0.39 is 0 Å². The molecule has 1 amide bonds. The Kier molecular flexibility index (Phi) is 6.20. The molecule has 1 N–H and O–H groups in total. The van der Waals surface area contributed by atoms with Crippen molar-refractivity contribution in [2.24, 2.45) is 0 Å². The lowest BCUT2D eigenvalue weighted by molar-refractivity contribution is -0.124. The summed E-state index contributed by atoms with van der Waals surface area (Å²) in [5, 5.41) is 4.10. The minimum absolute atomic E-state index is 0.0934. The van der Waals surface area contributed by atoms with E-state index in [1.807, 2.05) is 33.8 Å². The second-order valence-electron chi connectivity index (χ2n) is 6.82. The van der Waals surface area contributed by atoms with Crippen LogP contribution in [0, 0.1) is 0 Å². The van der Waals surface area contributed by atoms with Crippen LogP contribution in [0.3, 0.4) is 0 Å². The molecule has 0 bridgehead atoms. The molecule has 0 aliphatic rings. The molecular weight excluding hydrogens is 320 g/mol. The van der Waals surface area contributed by atoms with Gasteiger partial charge < -0.3 is 19.4 Å². The summed E-state index contributed by atoms with van der Waals surface area (Å²) in [5.74, 6) is 0.324. The zero-order valence-corrected chi connectivity index (χ0v) is 15.3. The zero-order chi connectivity index (χ0) is 18.4. The van der Waals surface area contributed by atoms with Gasteiger partial charge in [-0.3, -0.25) is 9.59 Å². The number of aromatic nitrogens is 1. The Morgan fingerprint density at radius 2 is 1.96 bits per heavy atom. The van der Waals surface area contributed by atoms with Crippen molar-refractivity contribution in [2.45, 2.75) is 39.8 Å². The second-order valence-corrected chi connectivity index (χ2v) is 6.82. The molecular formula is C19H26N2O4. The average molecular weight is 346 g/mol. The van der Waals surface area contributed by atoms with Gasteiger partial charge in [0.25, 0.3) is 11.5 Å². The van der Waals surface area contributed by atoms with Gasteiger partial charge in [0.2, 0.25) is 0 Å². The van der Waals surface area contributed by atoms with Crippen LogP contribution in [0.4, 0.5) is 0 Å². The molecule has 0 atom stereocenters. The van der Waals surface area contributed by atoms with Gasteiger partial charge >= 0.3 is 0 Å². The van der Waals surface area contributed by atoms with Gasteiger partial charge in [-0.25, -0.2) is 0 Å². The van der Waals surface area contributed by atoms with E-state index in [4.69, 9.17) is 9.47 Å². The van der Waals surface area contributed by atoms with Gasteiger partial charge in [0.15, 0.2) is 6.61 Å². The summed E-state index contributed by atoms with van der Waals surface area (Å²) in [5.41, 5.74) is -0.408. The number of benzene rings is 1. The molecule has 25 heavy (non-hydrogen) atoms. The minimum atomic E-state index is -0.312. The Labute approximate surface area is 147 Å². The standard InChI is InChI=1S/C19H26N2O4/c1-5-24-12-11-21-10-9-14-15(18(21)23)7-6-8-16(14)25-13-17(22)20-19(2,3)4/h6-10H,5,11-13H2,1-4H3,(H,20,22). The molecule has 136 valence electrons. The topological polar surface area (TPSA) is 69.6 Å². The van der Waals surface area contributed by atoms with E-state index >= 15 is 0 Å². The lowest BCUT2D eigenvalue weighted by atomic mass is 10.1. The molecule has 1 heterocycles. The number of fused-ring (bicyclic) bond motifs is 1. The summed E-state index contributed by atoms with van der Waals surface area (Å²) in [6, 6.07) is 7.11. The molecule has 0 saturated heterocycles. The van der Waals surface area contributed by atoms with E-state index in [-0.39, 0.29) is 23.6 Å². The highest BCUT2D eigenvalue weighted by molar-refractivity contribution is 5.88. The van der Waals surface area contributed by atoms with Crippen LogP contribution in [0.5, 0.6) is 5.75 Å². The lowest BCUT2D eigenvalue weighted by Gasteiger charge is -2.20. The number of hydrogen-bond donors (Lipinski definition) is 1. The number of hydrogen-bond acceptors (Lipinski definition) is 4. The monoisotopic (exact) mass is 346 g/mol. The first kappa shape index (κ1) is 19.0. The highest BCUT2D eigenvalue weighted by Gasteiger charge is 2.15. The van der Waals surface area contributed by atoms with Crippen molar-refractivity contribution in [1.29, 1.82) is 0 Å². The first-order chi connectivity index (χ1) is 11.8. The molecule has 1 aromatic carbocycles. The molecule has 2 aromatic rings. The van der Waals surface area contributed by atoms with Crippen molar-refractivity contribution in [3.8, 4) is 5.75 Å². The second kappa shape index (κ2) is 8.16. The van der Waals surface area contributed by atoms with Crippen molar-refractivity contribution in [1.82, 2.24) is 9.88 Å². The highest BCUT2D eigenvalue weighted by Crippen LogP contribution is 2.23. The first-order valence-electron chi connectivity index (χ1n) is 8.45. The quantitative estimate of drug-likeness (QED) is 0.781. The third-order valence-electron chi connectivity index (χ3n) is 3.53. The largest absolute Gasteiger partial charge is 0.483 e. The van der Waals surface area contributed by atoms with Crippen LogP contribution < -0.4 is 15.6 Å². The van der Waals surface area contributed by atoms with Gasteiger partial charge in [0.1, 0.15) is 5.75 Å². The van der Waals surface area contributed by atoms with Crippen LogP contribution in [-0.2, 0) is 16.1 Å². The maximum atomic E-state index is 12.6. The van der Waals surface area contributed by atoms with Crippen molar-refractivity contribution in [3.63, 3.8) is 0 Å². The summed E-state index contributed by atoms with van der Waals surface area (Å²) < 4.78 is 12.6. The third kappa shape index (κ3) is 5.32. The third-order valence-corrected chi connectivity index (χ3v) is 3.53. The number of ether oxygens (including phenoxy) is 2. The maximum Gasteiger partial charge on any atom is 0.258 e. The van der Waals surface area contributed by atoms with E-state index in [0.29, 0.717) is 36.3 Å². The minimum Gasteiger partial charge on any atom is -0.483 e. The Morgan fingerprint density at radius 3 is 2.64 bits per heavy atom. The predicted octanol–water partition coefficient (Wildman–Crippen LogP) is 2.33. The van der Waals surface area contributed by atoms with E-state index in [1.165, 1.54) is 0 Å². The van der Waals surface area contributed by atoms with Crippen molar-refractivity contribution in [3.05, 3.63) is 40.8 Å². The highest BCUT2D eigenvalue weighted by atomic mass is 16.5. The summed E-state index contributed by atoms with van der Waals surface area (Å²) in [6.45, 7) is 9.17. The fraction of sp³-hybridized carbons (Fsp3) is 0.474. The summed E-state index contributed by atoms with van der Waals surface area (Å²) >= 11 is 0. The Bertz CT molecular complexity index is 790.